The zero-order chi connectivity index (χ0) is 26.0. The molecule has 2 aromatic rings. The highest BCUT2D eigenvalue weighted by molar-refractivity contribution is 5.93. The summed E-state index contributed by atoms with van der Waals surface area (Å²) in [6.07, 6.45) is -7.51. The number of rotatable bonds is 8. The monoisotopic (exact) mass is 488 g/mol. The molecule has 0 bridgehead atoms. The largest absolute Gasteiger partial charge is 0.504 e. The molecule has 3 atom stereocenters. The molecule has 2 aromatic carbocycles. The Morgan fingerprint density at radius 2 is 1.06 bits per heavy atom. The van der Waals surface area contributed by atoms with Gasteiger partial charge in [-0.2, -0.15) is 0 Å². The Morgan fingerprint density at radius 1 is 0.735 bits per heavy atom. The molecule has 0 aliphatic rings. The number of benzene rings is 2. The van der Waals surface area contributed by atoms with Gasteiger partial charge in [-0.3, -0.25) is 0 Å². The van der Waals surface area contributed by atoms with Crippen molar-refractivity contribution in [2.45, 2.75) is 24.3 Å². The third-order valence-electron chi connectivity index (χ3n) is 4.37. The smallest absolute Gasteiger partial charge is 0.404 e. The molecule has 0 aliphatic carbocycles. The molecular formula is C19H20O15. The minimum absolute atomic E-state index is 0.543. The number of aliphatic hydroxyl groups is 5. The molecule has 0 saturated heterocycles. The van der Waals surface area contributed by atoms with E-state index in [0.717, 1.165) is 0 Å². The number of phenolic OH excluding ortho intramolecular Hbond substituents is 6. The maximum atomic E-state index is 12.4. The van der Waals surface area contributed by atoms with Gasteiger partial charge in [0.25, 0.3) is 0 Å². The van der Waals surface area contributed by atoms with Crippen LogP contribution in [0.3, 0.4) is 0 Å². The van der Waals surface area contributed by atoms with Crippen molar-refractivity contribution in [3.8, 4) is 34.5 Å². The first-order chi connectivity index (χ1) is 15.7. The number of aliphatic hydroxyl groups excluding tert-OH is 4. The van der Waals surface area contributed by atoms with Crippen molar-refractivity contribution in [1.82, 2.24) is 0 Å². The molecular weight excluding hydrogens is 468 g/mol. The number of carbonyl (C=O) groups is 2. The summed E-state index contributed by atoms with van der Waals surface area (Å²) in [6, 6.07) is 2.17. The Hall–Kier alpha value is -4.02. The fraction of sp³-hybridized carbons (Fsp3) is 0.263. The average molecular weight is 488 g/mol. The molecule has 34 heavy (non-hydrogen) atoms. The van der Waals surface area contributed by atoms with Crippen molar-refractivity contribution in [2.75, 3.05) is 6.61 Å². The van der Waals surface area contributed by atoms with Crippen LogP contribution in [-0.2, 0) is 9.47 Å². The second kappa shape index (κ2) is 9.86. The molecule has 0 radical (unpaired) electrons. The van der Waals surface area contributed by atoms with Gasteiger partial charge in [0, 0.05) is 0 Å². The normalized spacial score (nSPS) is 14.1. The Labute approximate surface area is 188 Å². The van der Waals surface area contributed by atoms with Crippen LogP contribution in [0.4, 0.5) is 0 Å². The Kier molecular flexibility index (Phi) is 7.60. The highest BCUT2D eigenvalue weighted by Crippen LogP contribution is 2.37. The lowest BCUT2D eigenvalue weighted by atomic mass is 10.1. The molecule has 0 amide bonds. The van der Waals surface area contributed by atoms with E-state index in [4.69, 9.17) is 5.11 Å². The number of hydrogen-bond acceptors (Lipinski definition) is 15. The number of hydrogen-bond donors (Lipinski definition) is 11. The summed E-state index contributed by atoms with van der Waals surface area (Å²) in [6.45, 7) is -1.17. The number of aromatic hydroxyl groups is 6. The first-order valence-electron chi connectivity index (χ1n) is 9.05. The third kappa shape index (κ3) is 5.30. The summed E-state index contributed by atoms with van der Waals surface area (Å²) < 4.78 is 9.04. The molecule has 0 unspecified atom stereocenters. The molecule has 0 saturated carbocycles. The fourth-order valence-electron chi connectivity index (χ4n) is 2.50. The van der Waals surface area contributed by atoms with Gasteiger partial charge in [-0.1, -0.05) is 0 Å². The summed E-state index contributed by atoms with van der Waals surface area (Å²) in [5, 5.41) is 106. The summed E-state index contributed by atoms with van der Waals surface area (Å²) >= 11 is 0. The summed E-state index contributed by atoms with van der Waals surface area (Å²) in [5.74, 6) is -13.4. The molecule has 11 N–H and O–H groups in total. The van der Waals surface area contributed by atoms with Crippen LogP contribution in [0.25, 0.3) is 0 Å². The number of phenols is 6. The lowest BCUT2D eigenvalue weighted by molar-refractivity contribution is -0.361. The van der Waals surface area contributed by atoms with Crippen LogP contribution >= 0.6 is 0 Å². The molecule has 2 rings (SSSR count). The Balaban J connectivity index is 2.45. The molecule has 0 heterocycles. The molecule has 15 nitrogen and oxygen atoms in total. The van der Waals surface area contributed by atoms with Gasteiger partial charge in [0.1, 0.15) is 12.2 Å². The second-order valence-corrected chi connectivity index (χ2v) is 6.82. The van der Waals surface area contributed by atoms with Crippen molar-refractivity contribution in [3.63, 3.8) is 0 Å². The van der Waals surface area contributed by atoms with Crippen LogP contribution in [-0.4, -0.2) is 99.0 Å². The lowest BCUT2D eigenvalue weighted by Gasteiger charge is -2.34. The van der Waals surface area contributed by atoms with Gasteiger partial charge in [-0.25, -0.2) is 9.59 Å². The maximum absolute atomic E-state index is 12.4. The highest BCUT2D eigenvalue weighted by atomic mass is 16.8. The van der Waals surface area contributed by atoms with Gasteiger partial charge in [0.2, 0.25) is 0 Å². The maximum Gasteiger partial charge on any atom is 0.404 e. The SMILES string of the molecule is O=C(OC(O)(OC(=O)c1cc(O)c(O)c(O)c1)[C@@H](O)[C@H](O)[C@H](O)CO)c1cc(O)c(O)c(O)c1. The predicted octanol–water partition coefficient (Wildman–Crippen LogP) is -2.34. The summed E-state index contributed by atoms with van der Waals surface area (Å²) in [5.41, 5.74) is -1.54. The van der Waals surface area contributed by atoms with E-state index in [-0.39, 0.29) is 0 Å². The van der Waals surface area contributed by atoms with E-state index >= 15 is 0 Å². The zero-order valence-corrected chi connectivity index (χ0v) is 16.8. The van der Waals surface area contributed by atoms with E-state index < -0.39 is 88.5 Å². The summed E-state index contributed by atoms with van der Waals surface area (Å²) in [4.78, 5) is 24.8. The first-order valence-corrected chi connectivity index (χ1v) is 9.05. The quantitative estimate of drug-likeness (QED) is 0.105. The molecule has 0 fully saturated rings. The zero-order valence-electron chi connectivity index (χ0n) is 16.8. The van der Waals surface area contributed by atoms with E-state index in [0.29, 0.717) is 24.3 Å². The number of carbonyl (C=O) groups excluding carboxylic acids is 2. The van der Waals surface area contributed by atoms with E-state index in [9.17, 15) is 60.7 Å². The standard InChI is InChI=1S/C19H20O15/c20-5-12(25)15(28)16(29)19(32,33-17(30)6-1-8(21)13(26)9(22)2-6)34-18(31)7-3-10(23)14(27)11(24)4-7/h1-4,12,15-16,20-29,32H,5H2/t12-,15-,16+/m1/s1. The number of esters is 2. The minimum atomic E-state index is -3.84. The van der Waals surface area contributed by atoms with Crippen molar-refractivity contribution >= 4 is 11.9 Å². The van der Waals surface area contributed by atoms with Gasteiger partial charge >= 0.3 is 17.9 Å². The van der Waals surface area contributed by atoms with E-state index in [1.165, 1.54) is 0 Å². The van der Waals surface area contributed by atoms with Crippen LogP contribution in [0.1, 0.15) is 20.7 Å². The fourth-order valence-corrected chi connectivity index (χ4v) is 2.50. The van der Waals surface area contributed by atoms with Crippen molar-refractivity contribution in [2.24, 2.45) is 0 Å². The van der Waals surface area contributed by atoms with Crippen molar-refractivity contribution in [1.29, 1.82) is 0 Å². The Morgan fingerprint density at radius 3 is 1.35 bits per heavy atom. The van der Waals surface area contributed by atoms with Gasteiger partial charge in [-0.15, -0.1) is 0 Å². The van der Waals surface area contributed by atoms with Crippen LogP contribution in [0.15, 0.2) is 24.3 Å². The van der Waals surface area contributed by atoms with Crippen LogP contribution in [0.5, 0.6) is 34.5 Å². The first kappa shape index (κ1) is 26.2. The molecule has 15 heteroatoms. The molecule has 0 aliphatic heterocycles. The van der Waals surface area contributed by atoms with Gasteiger partial charge in [-0.05, 0) is 24.3 Å². The van der Waals surface area contributed by atoms with Gasteiger partial charge in [0.15, 0.2) is 40.6 Å². The van der Waals surface area contributed by atoms with Gasteiger partial charge in [0.05, 0.1) is 17.7 Å². The summed E-state index contributed by atoms with van der Waals surface area (Å²) in [7, 11) is 0. The van der Waals surface area contributed by atoms with E-state index in [1.54, 1.807) is 0 Å². The third-order valence-corrected chi connectivity index (χ3v) is 4.37. The number of ether oxygens (including phenoxy) is 2. The van der Waals surface area contributed by atoms with E-state index in [1.807, 2.05) is 0 Å². The lowest BCUT2D eigenvalue weighted by Crippen LogP contribution is -2.58. The van der Waals surface area contributed by atoms with Crippen molar-refractivity contribution < 1.29 is 75.2 Å². The van der Waals surface area contributed by atoms with Gasteiger partial charge < -0.3 is 65.6 Å². The Bertz CT molecular complexity index is 964. The predicted molar refractivity (Wildman–Crippen MR) is 104 cm³/mol. The topological polar surface area (TPSA) is 275 Å². The highest BCUT2D eigenvalue weighted by Gasteiger charge is 2.50. The van der Waals surface area contributed by atoms with E-state index in [2.05, 4.69) is 9.47 Å². The molecule has 0 aromatic heterocycles. The van der Waals surface area contributed by atoms with Crippen LogP contribution in [0.2, 0.25) is 0 Å². The molecule has 0 spiro atoms. The molecule has 186 valence electrons. The van der Waals surface area contributed by atoms with Crippen LogP contribution in [0, 0.1) is 0 Å². The van der Waals surface area contributed by atoms with Crippen LogP contribution < -0.4 is 0 Å². The second-order valence-electron chi connectivity index (χ2n) is 6.82. The van der Waals surface area contributed by atoms with Crippen molar-refractivity contribution in [3.05, 3.63) is 35.4 Å². The minimum Gasteiger partial charge on any atom is -0.504 e. The average Bonchev–Trinajstić information content (AvgIpc) is 2.78.